The summed E-state index contributed by atoms with van der Waals surface area (Å²) in [4.78, 5) is 0. The van der Waals surface area contributed by atoms with Crippen molar-refractivity contribution >= 4 is 5.69 Å². The van der Waals surface area contributed by atoms with Crippen LogP contribution in [0.25, 0.3) is 0 Å². The third kappa shape index (κ3) is 2.39. The molecule has 2 heteroatoms. The molecule has 2 nitrogen and oxygen atoms in total. The summed E-state index contributed by atoms with van der Waals surface area (Å²) in [5.74, 6) is 0. The fourth-order valence-corrected chi connectivity index (χ4v) is 3.25. The minimum Gasteiger partial charge on any atom is -0.380 e. The Morgan fingerprint density at radius 3 is 2.50 bits per heavy atom. The van der Waals surface area contributed by atoms with Crippen LogP contribution in [0.3, 0.4) is 0 Å². The summed E-state index contributed by atoms with van der Waals surface area (Å²) in [5, 5.41) is 7.53. The van der Waals surface area contributed by atoms with Crippen molar-refractivity contribution in [1.29, 1.82) is 0 Å². The standard InChI is InChI=1S/C16H26N2/c1-5-16(6-2,18-12(3)4)15-11-13-9-7-8-10-14(13)17-15/h7-10,12,15,17-18H,5-6,11H2,1-4H3. The van der Waals surface area contributed by atoms with Crippen LogP contribution in [-0.2, 0) is 6.42 Å². The molecule has 18 heavy (non-hydrogen) atoms. The Hall–Kier alpha value is -1.02. The molecule has 2 N–H and O–H groups in total. The van der Waals surface area contributed by atoms with Gasteiger partial charge in [0.2, 0.25) is 0 Å². The SMILES string of the molecule is CCC(CC)(NC(C)C)C1Cc2ccccc2N1. The van der Waals surface area contributed by atoms with Crippen LogP contribution >= 0.6 is 0 Å². The second-order valence-electron chi connectivity index (χ2n) is 5.72. The van der Waals surface area contributed by atoms with Crippen LogP contribution in [0, 0.1) is 0 Å². The Morgan fingerprint density at radius 2 is 1.94 bits per heavy atom. The van der Waals surface area contributed by atoms with Gasteiger partial charge in [0.05, 0.1) is 0 Å². The molecule has 0 radical (unpaired) electrons. The average molecular weight is 246 g/mol. The second kappa shape index (κ2) is 5.31. The van der Waals surface area contributed by atoms with Crippen LogP contribution in [0.5, 0.6) is 0 Å². The molecule has 1 heterocycles. The number of para-hydroxylation sites is 1. The zero-order valence-electron chi connectivity index (χ0n) is 12.1. The van der Waals surface area contributed by atoms with Crippen molar-refractivity contribution in [3.8, 4) is 0 Å². The van der Waals surface area contributed by atoms with Gasteiger partial charge in [-0.15, -0.1) is 0 Å². The van der Waals surface area contributed by atoms with Gasteiger partial charge in [-0.25, -0.2) is 0 Å². The summed E-state index contributed by atoms with van der Waals surface area (Å²) in [5.41, 5.74) is 2.98. The van der Waals surface area contributed by atoms with E-state index < -0.39 is 0 Å². The molecule has 0 saturated carbocycles. The van der Waals surface area contributed by atoms with E-state index in [1.807, 2.05) is 0 Å². The van der Waals surface area contributed by atoms with Crippen molar-refractivity contribution in [2.24, 2.45) is 0 Å². The van der Waals surface area contributed by atoms with Crippen LogP contribution in [0.1, 0.15) is 46.1 Å². The zero-order valence-corrected chi connectivity index (χ0v) is 12.1. The van der Waals surface area contributed by atoms with Gasteiger partial charge in [-0.1, -0.05) is 45.9 Å². The molecule has 2 rings (SSSR count). The Morgan fingerprint density at radius 1 is 1.28 bits per heavy atom. The summed E-state index contributed by atoms with van der Waals surface area (Å²) in [6.45, 7) is 9.07. The van der Waals surface area contributed by atoms with Crippen molar-refractivity contribution in [3.05, 3.63) is 29.8 Å². The Kier molecular flexibility index (Phi) is 3.96. The third-order valence-electron chi connectivity index (χ3n) is 4.28. The van der Waals surface area contributed by atoms with E-state index in [0.717, 1.165) is 19.3 Å². The normalized spacial score (nSPS) is 18.8. The Bertz CT molecular complexity index is 369. The molecule has 1 aliphatic rings. The van der Waals surface area contributed by atoms with E-state index in [1.165, 1.54) is 11.3 Å². The number of hydrogen-bond acceptors (Lipinski definition) is 2. The lowest BCUT2D eigenvalue weighted by molar-refractivity contribution is 0.242. The number of nitrogens with one attached hydrogen (secondary N) is 2. The number of anilines is 1. The third-order valence-corrected chi connectivity index (χ3v) is 4.28. The Balaban J connectivity index is 2.20. The number of fused-ring (bicyclic) bond motifs is 1. The quantitative estimate of drug-likeness (QED) is 0.830. The maximum absolute atomic E-state index is 3.81. The van der Waals surface area contributed by atoms with E-state index >= 15 is 0 Å². The summed E-state index contributed by atoms with van der Waals surface area (Å²) < 4.78 is 0. The molecule has 0 fully saturated rings. The van der Waals surface area contributed by atoms with Crippen LogP contribution < -0.4 is 10.6 Å². The van der Waals surface area contributed by atoms with Crippen LogP contribution in [0.15, 0.2) is 24.3 Å². The highest BCUT2D eigenvalue weighted by Crippen LogP contribution is 2.34. The van der Waals surface area contributed by atoms with Gasteiger partial charge in [0, 0.05) is 23.3 Å². The molecule has 1 aromatic rings. The summed E-state index contributed by atoms with van der Waals surface area (Å²) >= 11 is 0. The molecule has 1 atom stereocenters. The van der Waals surface area contributed by atoms with Gasteiger partial charge in [-0.05, 0) is 30.9 Å². The predicted molar refractivity (Wildman–Crippen MR) is 79.1 cm³/mol. The van der Waals surface area contributed by atoms with Crippen LogP contribution in [0.2, 0.25) is 0 Å². The maximum Gasteiger partial charge on any atom is 0.0484 e. The summed E-state index contributed by atoms with van der Waals surface area (Å²) in [6.07, 6.45) is 3.46. The molecular formula is C16H26N2. The molecule has 0 bridgehead atoms. The van der Waals surface area contributed by atoms with Gasteiger partial charge >= 0.3 is 0 Å². The minimum absolute atomic E-state index is 0.202. The lowest BCUT2D eigenvalue weighted by Crippen LogP contribution is -2.58. The van der Waals surface area contributed by atoms with E-state index in [0.29, 0.717) is 12.1 Å². The van der Waals surface area contributed by atoms with Crippen molar-refractivity contribution in [1.82, 2.24) is 5.32 Å². The largest absolute Gasteiger partial charge is 0.380 e. The van der Waals surface area contributed by atoms with Gasteiger partial charge in [0.15, 0.2) is 0 Å². The van der Waals surface area contributed by atoms with E-state index in [1.54, 1.807) is 0 Å². The van der Waals surface area contributed by atoms with Crippen LogP contribution in [-0.4, -0.2) is 17.6 Å². The van der Waals surface area contributed by atoms with Gasteiger partial charge in [0.1, 0.15) is 0 Å². The highest BCUT2D eigenvalue weighted by molar-refractivity contribution is 5.57. The zero-order chi connectivity index (χ0) is 13.2. The van der Waals surface area contributed by atoms with E-state index in [2.05, 4.69) is 62.6 Å². The molecule has 0 aromatic heterocycles. The monoisotopic (exact) mass is 246 g/mol. The number of hydrogen-bond donors (Lipinski definition) is 2. The molecular weight excluding hydrogens is 220 g/mol. The van der Waals surface area contributed by atoms with Gasteiger partial charge in [0.25, 0.3) is 0 Å². The van der Waals surface area contributed by atoms with Gasteiger partial charge < -0.3 is 10.6 Å². The number of rotatable bonds is 5. The summed E-state index contributed by atoms with van der Waals surface area (Å²) in [6, 6.07) is 9.72. The smallest absolute Gasteiger partial charge is 0.0484 e. The predicted octanol–water partition coefficient (Wildman–Crippen LogP) is 3.58. The topological polar surface area (TPSA) is 24.1 Å². The number of benzene rings is 1. The fraction of sp³-hybridized carbons (Fsp3) is 0.625. The van der Waals surface area contributed by atoms with Gasteiger partial charge in [-0.3, -0.25) is 0 Å². The molecule has 1 aromatic carbocycles. The van der Waals surface area contributed by atoms with E-state index in [-0.39, 0.29) is 5.54 Å². The van der Waals surface area contributed by atoms with Crippen LogP contribution in [0.4, 0.5) is 5.69 Å². The maximum atomic E-state index is 3.81. The molecule has 0 aliphatic carbocycles. The molecule has 0 spiro atoms. The van der Waals surface area contributed by atoms with E-state index in [9.17, 15) is 0 Å². The van der Waals surface area contributed by atoms with Crippen molar-refractivity contribution in [2.75, 3.05) is 5.32 Å². The van der Waals surface area contributed by atoms with Crippen molar-refractivity contribution in [2.45, 2.75) is 64.6 Å². The fourth-order valence-electron chi connectivity index (χ4n) is 3.25. The van der Waals surface area contributed by atoms with Gasteiger partial charge in [-0.2, -0.15) is 0 Å². The average Bonchev–Trinajstić information content (AvgIpc) is 2.79. The molecule has 0 saturated heterocycles. The van der Waals surface area contributed by atoms with E-state index in [4.69, 9.17) is 0 Å². The lowest BCUT2D eigenvalue weighted by atomic mass is 9.82. The Labute approximate surface area is 111 Å². The summed E-state index contributed by atoms with van der Waals surface area (Å²) in [7, 11) is 0. The first kappa shape index (κ1) is 13.4. The molecule has 1 unspecified atom stereocenters. The first-order chi connectivity index (χ1) is 8.61. The molecule has 100 valence electrons. The first-order valence-corrected chi connectivity index (χ1v) is 7.23. The highest BCUT2D eigenvalue weighted by atomic mass is 15.1. The van der Waals surface area contributed by atoms with Crippen molar-refractivity contribution in [3.63, 3.8) is 0 Å². The minimum atomic E-state index is 0.202. The lowest BCUT2D eigenvalue weighted by Gasteiger charge is -2.40. The van der Waals surface area contributed by atoms with Crippen molar-refractivity contribution < 1.29 is 0 Å². The molecule has 0 amide bonds. The highest BCUT2D eigenvalue weighted by Gasteiger charge is 2.39. The molecule has 1 aliphatic heterocycles. The second-order valence-corrected chi connectivity index (χ2v) is 5.72. The first-order valence-electron chi connectivity index (χ1n) is 7.23.